The van der Waals surface area contributed by atoms with Crippen LogP contribution in [0.4, 0.5) is 5.82 Å². The Morgan fingerprint density at radius 3 is 2.56 bits per heavy atom. The maximum absolute atomic E-state index is 13.5. The summed E-state index contributed by atoms with van der Waals surface area (Å²) in [6.45, 7) is 2.59. The number of anilines is 1. The van der Waals surface area contributed by atoms with E-state index < -0.39 is 27.8 Å². The van der Waals surface area contributed by atoms with E-state index >= 15 is 0 Å². The monoisotopic (exact) mass is 485 g/mol. The van der Waals surface area contributed by atoms with Gasteiger partial charge in [-0.3, -0.25) is 19.7 Å². The molecule has 1 fully saturated rings. The van der Waals surface area contributed by atoms with Gasteiger partial charge in [0.05, 0.1) is 47.6 Å². The number of aromatic nitrogens is 3. The number of hydrogen-bond donors (Lipinski definition) is 1. The lowest BCUT2D eigenvalue weighted by molar-refractivity contribution is 0.0601. The second kappa shape index (κ2) is 7.97. The van der Waals surface area contributed by atoms with Crippen LogP contribution in [0.2, 0.25) is 0 Å². The molecule has 0 atom stereocenters. The molecule has 2 amide bonds. The fourth-order valence-electron chi connectivity index (χ4n) is 4.17. The standard InChI is InChI=1S/C21H19N5O7S/c1-11-16-17(20(28)26(19(16)27)18-14(10-22-24-18)21(29)32-2)13-9-12(3-4-15(13)23-11)34(30,31)25-5-7-33-8-6-25/h3-4,9-10H,5-8H2,1-2H3,(H,22,24). The molecule has 13 heteroatoms. The number of sulfonamides is 1. The number of amides is 2. The molecule has 0 aliphatic carbocycles. The van der Waals surface area contributed by atoms with Crippen molar-refractivity contribution in [1.82, 2.24) is 19.5 Å². The maximum Gasteiger partial charge on any atom is 0.343 e. The first kappa shape index (κ1) is 22.1. The highest BCUT2D eigenvalue weighted by molar-refractivity contribution is 7.89. The predicted molar refractivity (Wildman–Crippen MR) is 117 cm³/mol. The Morgan fingerprint density at radius 1 is 1.15 bits per heavy atom. The number of hydrogen-bond acceptors (Lipinski definition) is 9. The third-order valence-electron chi connectivity index (χ3n) is 5.82. The predicted octanol–water partition coefficient (Wildman–Crippen LogP) is 0.874. The minimum absolute atomic E-state index is 0.00495. The molecule has 0 saturated carbocycles. The van der Waals surface area contributed by atoms with Gasteiger partial charge in [0, 0.05) is 24.7 Å². The Kier molecular flexibility index (Phi) is 5.19. The van der Waals surface area contributed by atoms with Crippen LogP contribution < -0.4 is 4.90 Å². The van der Waals surface area contributed by atoms with E-state index in [0.29, 0.717) is 11.2 Å². The number of benzene rings is 1. The molecular formula is C21H19N5O7S. The van der Waals surface area contributed by atoms with Crippen LogP contribution in [0.15, 0.2) is 29.3 Å². The summed E-state index contributed by atoms with van der Waals surface area (Å²) in [7, 11) is -2.69. The highest BCUT2D eigenvalue weighted by atomic mass is 32.2. The van der Waals surface area contributed by atoms with Gasteiger partial charge in [-0.1, -0.05) is 0 Å². The minimum Gasteiger partial charge on any atom is -0.465 e. The second-order valence-corrected chi connectivity index (χ2v) is 9.64. The van der Waals surface area contributed by atoms with Gasteiger partial charge in [-0.15, -0.1) is 0 Å². The van der Waals surface area contributed by atoms with Gasteiger partial charge in [-0.05, 0) is 25.1 Å². The summed E-state index contributed by atoms with van der Waals surface area (Å²) in [5, 5.41) is 6.58. The molecule has 4 heterocycles. The number of morpholine rings is 1. The van der Waals surface area contributed by atoms with Crippen LogP contribution in [0.25, 0.3) is 10.9 Å². The first-order valence-corrected chi connectivity index (χ1v) is 11.7. The molecule has 176 valence electrons. The lowest BCUT2D eigenvalue weighted by Gasteiger charge is -2.26. The molecule has 5 rings (SSSR count). The molecule has 0 unspecified atom stereocenters. The smallest absolute Gasteiger partial charge is 0.343 e. The molecular weight excluding hydrogens is 466 g/mol. The topological polar surface area (TPSA) is 152 Å². The molecule has 1 saturated heterocycles. The molecule has 0 bridgehead atoms. The third kappa shape index (κ3) is 3.20. The number of carbonyl (C=O) groups is 3. The lowest BCUT2D eigenvalue weighted by Crippen LogP contribution is -2.40. The molecule has 1 N–H and O–H groups in total. The SMILES string of the molecule is COC(=O)c1c[nH]nc1N1C(=O)c2c(C)nc3ccc(S(=O)(=O)N4CCOCC4)cc3c2C1=O. The quantitative estimate of drug-likeness (QED) is 0.419. The Morgan fingerprint density at radius 2 is 1.85 bits per heavy atom. The van der Waals surface area contributed by atoms with Crippen LogP contribution in [-0.2, 0) is 19.5 Å². The number of imide groups is 1. The Balaban J connectivity index is 1.67. The zero-order valence-electron chi connectivity index (χ0n) is 18.2. The van der Waals surface area contributed by atoms with Crippen molar-refractivity contribution < 1.29 is 32.3 Å². The summed E-state index contributed by atoms with van der Waals surface area (Å²) in [6.07, 6.45) is 1.22. The van der Waals surface area contributed by atoms with Crippen molar-refractivity contribution in [3.8, 4) is 0 Å². The fourth-order valence-corrected chi connectivity index (χ4v) is 5.60. The van der Waals surface area contributed by atoms with Crippen LogP contribution in [0, 0.1) is 6.92 Å². The number of methoxy groups -OCH3 is 1. The van der Waals surface area contributed by atoms with E-state index in [0.717, 1.165) is 4.90 Å². The molecule has 0 radical (unpaired) electrons. The van der Waals surface area contributed by atoms with Crippen molar-refractivity contribution in [3.05, 3.63) is 46.8 Å². The van der Waals surface area contributed by atoms with Crippen molar-refractivity contribution in [2.45, 2.75) is 11.8 Å². The molecule has 3 aromatic rings. The highest BCUT2D eigenvalue weighted by Crippen LogP contribution is 2.36. The first-order valence-electron chi connectivity index (χ1n) is 10.3. The van der Waals surface area contributed by atoms with Crippen LogP contribution in [0.3, 0.4) is 0 Å². The summed E-state index contributed by atoms with van der Waals surface area (Å²) < 4.78 is 37.6. The van der Waals surface area contributed by atoms with Crippen molar-refractivity contribution in [2.24, 2.45) is 0 Å². The van der Waals surface area contributed by atoms with Crippen molar-refractivity contribution in [1.29, 1.82) is 0 Å². The van der Waals surface area contributed by atoms with E-state index in [1.165, 1.54) is 35.8 Å². The molecule has 0 spiro atoms. The number of aromatic amines is 1. The van der Waals surface area contributed by atoms with E-state index in [4.69, 9.17) is 9.47 Å². The van der Waals surface area contributed by atoms with Gasteiger partial charge in [0.25, 0.3) is 11.8 Å². The van der Waals surface area contributed by atoms with E-state index in [1.807, 2.05) is 0 Å². The number of nitrogens with zero attached hydrogens (tertiary/aromatic N) is 4. The van der Waals surface area contributed by atoms with E-state index in [2.05, 4.69) is 15.2 Å². The largest absolute Gasteiger partial charge is 0.465 e. The average Bonchev–Trinajstić information content (AvgIpc) is 3.41. The van der Waals surface area contributed by atoms with Gasteiger partial charge in [0.1, 0.15) is 5.56 Å². The number of aryl methyl sites for hydroxylation is 1. The third-order valence-corrected chi connectivity index (χ3v) is 7.71. The van der Waals surface area contributed by atoms with E-state index in [-0.39, 0.29) is 59.1 Å². The molecule has 1 aromatic carbocycles. The number of carbonyl (C=O) groups excluding carboxylic acids is 3. The number of rotatable bonds is 4. The Bertz CT molecular complexity index is 1470. The number of H-pyrrole nitrogens is 1. The van der Waals surface area contributed by atoms with Crippen molar-refractivity contribution >= 4 is 44.5 Å². The summed E-state index contributed by atoms with van der Waals surface area (Å²) >= 11 is 0. The summed E-state index contributed by atoms with van der Waals surface area (Å²) in [6, 6.07) is 4.28. The summed E-state index contributed by atoms with van der Waals surface area (Å²) in [4.78, 5) is 44.0. The number of pyridine rings is 1. The minimum atomic E-state index is -3.85. The fraction of sp³-hybridized carbons (Fsp3) is 0.286. The summed E-state index contributed by atoms with van der Waals surface area (Å²) in [5.74, 6) is -2.44. The van der Waals surface area contributed by atoms with Gasteiger partial charge >= 0.3 is 5.97 Å². The van der Waals surface area contributed by atoms with Gasteiger partial charge in [0.15, 0.2) is 5.82 Å². The highest BCUT2D eigenvalue weighted by Gasteiger charge is 2.43. The number of ether oxygens (including phenoxy) is 2. The molecule has 2 aliphatic rings. The van der Waals surface area contributed by atoms with E-state index in [1.54, 1.807) is 6.92 Å². The van der Waals surface area contributed by atoms with Crippen LogP contribution in [-0.4, -0.2) is 79.1 Å². The lowest BCUT2D eigenvalue weighted by atomic mass is 10.0. The van der Waals surface area contributed by atoms with Crippen molar-refractivity contribution in [2.75, 3.05) is 38.3 Å². The Labute approximate surface area is 193 Å². The normalized spacial score (nSPS) is 16.8. The van der Waals surface area contributed by atoms with Crippen LogP contribution in [0.5, 0.6) is 0 Å². The van der Waals surface area contributed by atoms with Crippen LogP contribution >= 0.6 is 0 Å². The number of nitrogens with one attached hydrogen (secondary N) is 1. The zero-order chi connectivity index (χ0) is 24.2. The van der Waals surface area contributed by atoms with Gasteiger partial charge in [-0.2, -0.15) is 9.40 Å². The second-order valence-electron chi connectivity index (χ2n) is 7.70. The van der Waals surface area contributed by atoms with Gasteiger partial charge < -0.3 is 9.47 Å². The van der Waals surface area contributed by atoms with Crippen molar-refractivity contribution in [3.63, 3.8) is 0 Å². The maximum atomic E-state index is 13.5. The van der Waals surface area contributed by atoms with Gasteiger partial charge in [-0.25, -0.2) is 18.1 Å². The molecule has 34 heavy (non-hydrogen) atoms. The van der Waals surface area contributed by atoms with E-state index in [9.17, 15) is 22.8 Å². The summed E-state index contributed by atoms with van der Waals surface area (Å²) in [5.41, 5.74) is 0.586. The van der Waals surface area contributed by atoms with Gasteiger partial charge in [0.2, 0.25) is 10.0 Å². The number of fused-ring (bicyclic) bond motifs is 3. The van der Waals surface area contributed by atoms with Crippen LogP contribution in [0.1, 0.15) is 36.8 Å². The zero-order valence-corrected chi connectivity index (χ0v) is 19.0. The average molecular weight is 485 g/mol. The molecule has 2 aliphatic heterocycles. The number of esters is 1. The Hall–Kier alpha value is -3.68. The molecule has 2 aromatic heterocycles. The first-order chi connectivity index (χ1) is 16.3. The molecule has 12 nitrogen and oxygen atoms in total.